The number of Topliss-reactive ketones (excluding diaryl/α,β-unsaturated/α-hetero) is 1. The summed E-state index contributed by atoms with van der Waals surface area (Å²) < 4.78 is 0. The first-order valence-electron chi connectivity index (χ1n) is 5.18. The topological polar surface area (TPSA) is 94.8 Å². The Labute approximate surface area is 112 Å². The predicted molar refractivity (Wildman–Crippen MR) is 67.3 cm³/mol. The van der Waals surface area contributed by atoms with Gasteiger partial charge in [0.15, 0.2) is 6.10 Å². The first kappa shape index (κ1) is 14.8. The fourth-order valence-electron chi connectivity index (χ4n) is 1.65. The summed E-state index contributed by atoms with van der Waals surface area (Å²) in [5.41, 5.74) is 0.806. The Morgan fingerprint density at radius 2 is 1.89 bits per heavy atom. The lowest BCUT2D eigenvalue weighted by molar-refractivity contribution is -0.147. The lowest BCUT2D eigenvalue weighted by atomic mass is 9.95. The maximum absolute atomic E-state index is 11.3. The van der Waals surface area contributed by atoms with Gasteiger partial charge >= 0.3 is 5.97 Å². The van der Waals surface area contributed by atoms with E-state index in [-0.39, 0.29) is 16.9 Å². The second kappa shape index (κ2) is 6.08. The van der Waals surface area contributed by atoms with E-state index in [0.29, 0.717) is 5.56 Å². The number of hydrogen-bond donors (Lipinski definition) is 3. The molecule has 0 aromatic heterocycles. The van der Waals surface area contributed by atoms with Gasteiger partial charge in [-0.2, -0.15) is 0 Å². The van der Waals surface area contributed by atoms with E-state index in [1.54, 1.807) is 6.07 Å². The molecule has 98 valence electrons. The van der Waals surface area contributed by atoms with Gasteiger partial charge in [-0.15, -0.1) is 0 Å². The summed E-state index contributed by atoms with van der Waals surface area (Å²) in [5.74, 6) is -1.58. The molecule has 0 amide bonds. The number of rotatable bonds is 5. The van der Waals surface area contributed by atoms with Crippen molar-refractivity contribution in [1.82, 2.24) is 0 Å². The van der Waals surface area contributed by atoms with Crippen molar-refractivity contribution in [3.63, 3.8) is 0 Å². The lowest BCUT2D eigenvalue weighted by Gasteiger charge is -2.17. The van der Waals surface area contributed by atoms with Gasteiger partial charge in [0.25, 0.3) is 0 Å². The van der Waals surface area contributed by atoms with Gasteiger partial charge in [-0.05, 0) is 23.6 Å². The molecule has 0 fully saturated rings. The number of carbonyl (C=O) groups excluding carboxylic acids is 1. The van der Waals surface area contributed by atoms with Crippen LogP contribution in [-0.4, -0.2) is 27.1 Å². The van der Waals surface area contributed by atoms with Crippen molar-refractivity contribution in [3.05, 3.63) is 34.9 Å². The largest absolute Gasteiger partial charge is 0.479 e. The van der Waals surface area contributed by atoms with Gasteiger partial charge in [-0.25, -0.2) is 4.79 Å². The van der Waals surface area contributed by atoms with Crippen molar-refractivity contribution in [2.75, 3.05) is 0 Å². The molecule has 0 radical (unpaired) electrons. The molecule has 0 aliphatic rings. The third-order valence-electron chi connectivity index (χ3n) is 2.57. The normalized spacial score (nSPS) is 14.0. The highest BCUT2D eigenvalue weighted by atomic mass is 79.9. The summed E-state index contributed by atoms with van der Waals surface area (Å²) in [6, 6.07) is 4.55. The fraction of sp³-hybridized carbons (Fsp3) is 0.333. The molecule has 2 unspecified atom stereocenters. The minimum absolute atomic E-state index is 0.0909. The molecule has 0 saturated carbocycles. The number of halogens is 1. The van der Waals surface area contributed by atoms with Crippen LogP contribution in [0.15, 0.2) is 18.2 Å². The number of aliphatic carboxylic acids is 1. The molecule has 0 heterocycles. The molecule has 0 spiro atoms. The highest BCUT2D eigenvalue weighted by molar-refractivity contribution is 9.09. The first-order chi connectivity index (χ1) is 8.40. The maximum atomic E-state index is 11.3. The summed E-state index contributed by atoms with van der Waals surface area (Å²) in [6.07, 6.45) is -1.72. The van der Waals surface area contributed by atoms with Gasteiger partial charge in [-0.1, -0.05) is 34.1 Å². The number of aliphatic hydroxyl groups excluding tert-OH is 2. The summed E-state index contributed by atoms with van der Waals surface area (Å²) in [7, 11) is 0. The van der Waals surface area contributed by atoms with Crippen molar-refractivity contribution < 1.29 is 24.9 Å². The fourth-order valence-corrected chi connectivity index (χ4v) is 2.08. The predicted octanol–water partition coefficient (Wildman–Crippen LogP) is 1.32. The molecule has 1 rings (SSSR count). The van der Waals surface area contributed by atoms with Crippen LogP contribution in [0.3, 0.4) is 0 Å². The van der Waals surface area contributed by atoms with E-state index in [2.05, 4.69) is 15.9 Å². The van der Waals surface area contributed by atoms with E-state index in [1.807, 2.05) is 0 Å². The van der Waals surface area contributed by atoms with E-state index in [1.165, 1.54) is 19.1 Å². The number of carbonyl (C=O) groups is 2. The Bertz CT molecular complexity index is 433. The highest BCUT2D eigenvalue weighted by Crippen LogP contribution is 2.31. The number of aliphatic hydroxyl groups is 2. The Hall–Kier alpha value is -1.24. The van der Waals surface area contributed by atoms with E-state index < -0.39 is 23.5 Å². The third-order valence-corrected chi connectivity index (χ3v) is 3.70. The van der Waals surface area contributed by atoms with Crippen molar-refractivity contribution in [2.24, 2.45) is 0 Å². The van der Waals surface area contributed by atoms with E-state index >= 15 is 0 Å². The monoisotopic (exact) mass is 316 g/mol. The summed E-state index contributed by atoms with van der Waals surface area (Å²) in [4.78, 5) is 21.5. The standard InChI is InChI=1S/C12H13BrO5/c1-6(15)10(13)7-3-2-4-8(9(7)5-14)11(16)12(17)18/h2-4,10-11,14,16H,5H2,1H3,(H,17,18). The number of carboxylic acid groups (broad SMARTS) is 1. The third kappa shape index (κ3) is 2.95. The Morgan fingerprint density at radius 1 is 1.33 bits per heavy atom. The summed E-state index contributed by atoms with van der Waals surface area (Å²) in [6.45, 7) is 0.923. The van der Waals surface area contributed by atoms with Gasteiger partial charge in [0.05, 0.1) is 11.4 Å². The second-order valence-corrected chi connectivity index (χ2v) is 4.70. The highest BCUT2D eigenvalue weighted by Gasteiger charge is 2.24. The quantitative estimate of drug-likeness (QED) is 0.712. The van der Waals surface area contributed by atoms with Crippen molar-refractivity contribution in [1.29, 1.82) is 0 Å². The van der Waals surface area contributed by atoms with Gasteiger partial charge in [-0.3, -0.25) is 4.79 Å². The molecule has 2 atom stereocenters. The van der Waals surface area contributed by atoms with E-state index in [9.17, 15) is 19.8 Å². The molecule has 0 aliphatic carbocycles. The molecular formula is C12H13BrO5. The van der Waals surface area contributed by atoms with Crippen LogP contribution in [-0.2, 0) is 16.2 Å². The van der Waals surface area contributed by atoms with Crippen LogP contribution in [0.2, 0.25) is 0 Å². The molecule has 1 aromatic rings. The minimum atomic E-state index is -1.72. The molecule has 5 nitrogen and oxygen atoms in total. The number of alkyl halides is 1. The smallest absolute Gasteiger partial charge is 0.337 e. The van der Waals surface area contributed by atoms with Crippen LogP contribution < -0.4 is 0 Å². The zero-order chi connectivity index (χ0) is 13.9. The molecule has 1 aromatic carbocycles. The van der Waals surface area contributed by atoms with E-state index in [4.69, 9.17) is 5.11 Å². The van der Waals surface area contributed by atoms with Gasteiger partial charge in [0, 0.05) is 0 Å². The van der Waals surface area contributed by atoms with Crippen molar-refractivity contribution in [3.8, 4) is 0 Å². The molecule has 0 bridgehead atoms. The summed E-state index contributed by atoms with van der Waals surface area (Å²) in [5, 5.41) is 27.7. The Kier molecular flexibility index (Phi) is 5.01. The minimum Gasteiger partial charge on any atom is -0.479 e. The molecule has 6 heteroatoms. The molecular weight excluding hydrogens is 304 g/mol. The van der Waals surface area contributed by atoms with Crippen LogP contribution in [0.1, 0.15) is 34.5 Å². The average molecular weight is 317 g/mol. The van der Waals surface area contributed by atoms with E-state index in [0.717, 1.165) is 0 Å². The van der Waals surface area contributed by atoms with Crippen LogP contribution in [0.25, 0.3) is 0 Å². The van der Waals surface area contributed by atoms with Crippen LogP contribution in [0.4, 0.5) is 0 Å². The number of benzene rings is 1. The number of ketones is 1. The molecule has 0 saturated heterocycles. The van der Waals surface area contributed by atoms with Crippen molar-refractivity contribution >= 4 is 27.7 Å². The average Bonchev–Trinajstić information content (AvgIpc) is 2.35. The van der Waals surface area contributed by atoms with Gasteiger partial charge < -0.3 is 15.3 Å². The first-order valence-corrected chi connectivity index (χ1v) is 6.09. The molecule has 18 heavy (non-hydrogen) atoms. The number of carboxylic acids is 1. The Balaban J connectivity index is 3.34. The zero-order valence-corrected chi connectivity index (χ0v) is 11.2. The Morgan fingerprint density at radius 3 is 2.33 bits per heavy atom. The second-order valence-electron chi connectivity index (χ2n) is 3.79. The molecule has 0 aliphatic heterocycles. The summed E-state index contributed by atoms with van der Waals surface area (Å²) >= 11 is 3.17. The van der Waals surface area contributed by atoms with Gasteiger partial charge in [0.2, 0.25) is 0 Å². The maximum Gasteiger partial charge on any atom is 0.337 e. The van der Waals surface area contributed by atoms with Crippen LogP contribution in [0, 0.1) is 0 Å². The lowest BCUT2D eigenvalue weighted by Crippen LogP contribution is -2.15. The van der Waals surface area contributed by atoms with Crippen molar-refractivity contribution in [2.45, 2.75) is 24.5 Å². The van der Waals surface area contributed by atoms with Crippen LogP contribution in [0.5, 0.6) is 0 Å². The SMILES string of the molecule is CC(=O)C(Br)c1cccc(C(O)C(=O)O)c1CO. The molecule has 3 N–H and O–H groups in total. The van der Waals surface area contributed by atoms with Crippen LogP contribution >= 0.6 is 15.9 Å². The zero-order valence-electron chi connectivity index (χ0n) is 9.63. The van der Waals surface area contributed by atoms with Gasteiger partial charge in [0.1, 0.15) is 5.78 Å². The number of hydrogen-bond acceptors (Lipinski definition) is 4.